The number of H-pyrrole nitrogens is 1. The van der Waals surface area contributed by atoms with Gasteiger partial charge in [-0.2, -0.15) is 0 Å². The zero-order chi connectivity index (χ0) is 15.9. The van der Waals surface area contributed by atoms with Crippen LogP contribution in [0, 0.1) is 0 Å². The second kappa shape index (κ2) is 8.42. The van der Waals surface area contributed by atoms with Gasteiger partial charge in [0, 0.05) is 36.3 Å². The molecule has 1 aliphatic rings. The molecule has 2 aromatic rings. The predicted molar refractivity (Wildman–Crippen MR) is 91.2 cm³/mol. The molecule has 1 saturated carbocycles. The Morgan fingerprint density at radius 2 is 2.22 bits per heavy atom. The third kappa shape index (κ3) is 5.02. The molecule has 124 valence electrons. The maximum Gasteiger partial charge on any atom is 0.208 e. The van der Waals surface area contributed by atoms with Crippen molar-refractivity contribution in [2.75, 3.05) is 12.3 Å². The molecule has 3 rings (SSSR count). The first-order valence-corrected chi connectivity index (χ1v) is 9.17. The Morgan fingerprint density at radius 1 is 1.35 bits per heavy atom. The number of hydrogen-bond acceptors (Lipinski definition) is 6. The maximum atomic E-state index is 10.1. The molecular formula is C16H23N5OS. The topological polar surface area (TPSA) is 86.7 Å². The molecule has 2 aromatic heterocycles. The van der Waals surface area contributed by atoms with Crippen LogP contribution in [0.15, 0.2) is 29.7 Å². The van der Waals surface area contributed by atoms with E-state index in [9.17, 15) is 5.11 Å². The van der Waals surface area contributed by atoms with Crippen molar-refractivity contribution in [1.29, 1.82) is 0 Å². The normalized spacial score (nSPS) is 17.3. The van der Waals surface area contributed by atoms with Crippen molar-refractivity contribution in [3.8, 4) is 11.4 Å². The van der Waals surface area contributed by atoms with Gasteiger partial charge in [-0.3, -0.25) is 10.1 Å². The molecular weight excluding hydrogens is 310 g/mol. The van der Waals surface area contributed by atoms with Crippen molar-refractivity contribution >= 4 is 11.8 Å². The number of aromatic amines is 1. The number of hydrogen-bond donors (Lipinski definition) is 3. The summed E-state index contributed by atoms with van der Waals surface area (Å²) in [6.07, 6.45) is 9.50. The van der Waals surface area contributed by atoms with E-state index in [1.54, 1.807) is 12.4 Å². The van der Waals surface area contributed by atoms with Gasteiger partial charge in [0.25, 0.3) is 0 Å². The van der Waals surface area contributed by atoms with Crippen molar-refractivity contribution in [3.05, 3.63) is 24.5 Å². The maximum absolute atomic E-state index is 10.1. The largest absolute Gasteiger partial charge is 0.391 e. The van der Waals surface area contributed by atoms with Gasteiger partial charge in [0.2, 0.25) is 5.16 Å². The summed E-state index contributed by atoms with van der Waals surface area (Å²) in [5, 5.41) is 21.3. The number of pyridine rings is 1. The van der Waals surface area contributed by atoms with E-state index in [-0.39, 0.29) is 6.10 Å². The van der Waals surface area contributed by atoms with E-state index in [1.165, 1.54) is 43.9 Å². The molecule has 0 radical (unpaired) electrons. The third-order valence-electron chi connectivity index (χ3n) is 4.05. The van der Waals surface area contributed by atoms with E-state index in [1.807, 2.05) is 12.1 Å². The first-order chi connectivity index (χ1) is 11.3. The Labute approximate surface area is 140 Å². The lowest BCUT2D eigenvalue weighted by molar-refractivity contribution is 0.185. The van der Waals surface area contributed by atoms with Gasteiger partial charge >= 0.3 is 0 Å². The molecule has 0 spiro atoms. The van der Waals surface area contributed by atoms with Gasteiger partial charge in [0.05, 0.1) is 6.10 Å². The van der Waals surface area contributed by atoms with E-state index in [0.29, 0.717) is 29.3 Å². The fourth-order valence-electron chi connectivity index (χ4n) is 2.78. The summed E-state index contributed by atoms with van der Waals surface area (Å²) in [5.74, 6) is 1.29. The first kappa shape index (κ1) is 16.4. The van der Waals surface area contributed by atoms with E-state index in [0.717, 1.165) is 5.56 Å². The molecule has 0 saturated heterocycles. The van der Waals surface area contributed by atoms with Crippen molar-refractivity contribution in [1.82, 2.24) is 25.5 Å². The number of nitrogens with zero attached hydrogens (tertiary/aromatic N) is 3. The Hall–Kier alpha value is -1.44. The Kier molecular flexibility index (Phi) is 6.01. The molecule has 23 heavy (non-hydrogen) atoms. The molecule has 1 unspecified atom stereocenters. The van der Waals surface area contributed by atoms with Gasteiger partial charge in [-0.1, -0.05) is 31.0 Å². The van der Waals surface area contributed by atoms with Crippen LogP contribution in [-0.4, -0.2) is 49.7 Å². The second-order valence-electron chi connectivity index (χ2n) is 5.92. The quantitative estimate of drug-likeness (QED) is 0.674. The van der Waals surface area contributed by atoms with Crippen LogP contribution in [0.1, 0.15) is 32.1 Å². The molecule has 1 atom stereocenters. The lowest BCUT2D eigenvalue weighted by atomic mass is 9.95. The molecule has 3 N–H and O–H groups in total. The van der Waals surface area contributed by atoms with Crippen LogP contribution in [-0.2, 0) is 0 Å². The van der Waals surface area contributed by atoms with Crippen LogP contribution >= 0.6 is 11.8 Å². The average molecular weight is 333 g/mol. The molecule has 2 heterocycles. The minimum absolute atomic E-state index is 0.387. The Balaban J connectivity index is 1.42. The number of nitrogens with one attached hydrogen (secondary N) is 2. The molecule has 1 fully saturated rings. The fraction of sp³-hybridized carbons (Fsp3) is 0.562. The van der Waals surface area contributed by atoms with Crippen molar-refractivity contribution in [2.45, 2.75) is 49.4 Å². The monoisotopic (exact) mass is 333 g/mol. The summed E-state index contributed by atoms with van der Waals surface area (Å²) >= 11 is 1.47. The van der Waals surface area contributed by atoms with Crippen LogP contribution in [0.4, 0.5) is 0 Å². The minimum Gasteiger partial charge on any atom is -0.391 e. The van der Waals surface area contributed by atoms with Crippen LogP contribution in [0.5, 0.6) is 0 Å². The highest BCUT2D eigenvalue weighted by atomic mass is 32.2. The molecule has 6 nitrogen and oxygen atoms in total. The van der Waals surface area contributed by atoms with E-state index in [4.69, 9.17) is 0 Å². The van der Waals surface area contributed by atoms with Gasteiger partial charge in [-0.25, -0.2) is 4.98 Å². The molecule has 0 bridgehead atoms. The summed E-state index contributed by atoms with van der Waals surface area (Å²) in [7, 11) is 0. The lowest BCUT2D eigenvalue weighted by Crippen LogP contribution is -2.37. The zero-order valence-corrected chi connectivity index (χ0v) is 13.9. The zero-order valence-electron chi connectivity index (χ0n) is 13.1. The summed E-state index contributed by atoms with van der Waals surface area (Å²) in [5.41, 5.74) is 0.909. The van der Waals surface area contributed by atoms with Crippen LogP contribution in [0.3, 0.4) is 0 Å². The minimum atomic E-state index is -0.387. The number of aliphatic hydroxyl groups is 1. The molecule has 0 aromatic carbocycles. The Bertz CT molecular complexity index is 585. The van der Waals surface area contributed by atoms with Crippen LogP contribution in [0.25, 0.3) is 11.4 Å². The molecule has 7 heteroatoms. The smallest absolute Gasteiger partial charge is 0.208 e. The standard InChI is InChI=1S/C16H23N5OS/c22-14(10-18-13-6-2-1-3-7-13)11-23-16-19-15(20-21-16)12-5-4-8-17-9-12/h4-5,8-9,13-14,18,22H,1-3,6-7,10-11H2,(H,19,20,21). The van der Waals surface area contributed by atoms with Gasteiger partial charge < -0.3 is 10.4 Å². The lowest BCUT2D eigenvalue weighted by Gasteiger charge is -2.24. The average Bonchev–Trinajstić information content (AvgIpc) is 3.09. The number of rotatable bonds is 7. The molecule has 1 aliphatic carbocycles. The van der Waals surface area contributed by atoms with E-state index >= 15 is 0 Å². The summed E-state index contributed by atoms with van der Waals surface area (Å²) < 4.78 is 0. The molecule has 0 aliphatic heterocycles. The molecule has 0 amide bonds. The number of thioether (sulfide) groups is 1. The second-order valence-corrected chi connectivity index (χ2v) is 6.90. The Morgan fingerprint density at radius 3 is 3.00 bits per heavy atom. The van der Waals surface area contributed by atoms with Crippen molar-refractivity contribution in [2.24, 2.45) is 0 Å². The van der Waals surface area contributed by atoms with Crippen molar-refractivity contribution < 1.29 is 5.11 Å². The third-order valence-corrected chi connectivity index (χ3v) is 5.04. The summed E-state index contributed by atoms with van der Waals surface area (Å²) in [6.45, 7) is 0.636. The highest BCUT2D eigenvalue weighted by Gasteiger charge is 2.15. The van der Waals surface area contributed by atoms with Crippen LogP contribution < -0.4 is 5.32 Å². The number of aliphatic hydroxyl groups excluding tert-OH is 1. The van der Waals surface area contributed by atoms with Gasteiger partial charge in [-0.05, 0) is 25.0 Å². The van der Waals surface area contributed by atoms with Crippen LogP contribution in [0.2, 0.25) is 0 Å². The predicted octanol–water partition coefficient (Wildman–Crippen LogP) is 2.24. The first-order valence-electron chi connectivity index (χ1n) is 8.18. The van der Waals surface area contributed by atoms with Crippen molar-refractivity contribution in [3.63, 3.8) is 0 Å². The summed E-state index contributed by atoms with van der Waals surface area (Å²) in [6, 6.07) is 4.38. The van der Waals surface area contributed by atoms with Gasteiger partial charge in [0.1, 0.15) is 0 Å². The van der Waals surface area contributed by atoms with Gasteiger partial charge in [-0.15, -0.1) is 5.10 Å². The van der Waals surface area contributed by atoms with E-state index in [2.05, 4.69) is 25.5 Å². The summed E-state index contributed by atoms with van der Waals surface area (Å²) in [4.78, 5) is 8.50. The highest BCUT2D eigenvalue weighted by Crippen LogP contribution is 2.20. The van der Waals surface area contributed by atoms with Gasteiger partial charge in [0.15, 0.2) is 5.82 Å². The number of aromatic nitrogens is 4. The fourth-order valence-corrected chi connectivity index (χ4v) is 3.51. The SMILES string of the molecule is OC(CNC1CCCCC1)CSc1n[nH]c(-c2cccnc2)n1. The van der Waals surface area contributed by atoms with E-state index < -0.39 is 0 Å². The highest BCUT2D eigenvalue weighted by molar-refractivity contribution is 7.99.